The molecule has 0 aliphatic carbocycles. The molecule has 0 aliphatic rings. The summed E-state index contributed by atoms with van der Waals surface area (Å²) in [7, 11) is 0. The van der Waals surface area contributed by atoms with Crippen LogP contribution < -0.4 is 4.74 Å². The Morgan fingerprint density at radius 1 is 1.17 bits per heavy atom. The number of carbonyl (C=O) groups is 1. The van der Waals surface area contributed by atoms with Crippen molar-refractivity contribution in [2.75, 3.05) is 6.61 Å². The van der Waals surface area contributed by atoms with Crippen molar-refractivity contribution >= 4 is 11.7 Å². The van der Waals surface area contributed by atoms with E-state index >= 15 is 0 Å². The summed E-state index contributed by atoms with van der Waals surface area (Å²) in [6, 6.07) is 12.9. The molecule has 23 heavy (non-hydrogen) atoms. The minimum Gasteiger partial charge on any atom is -0.494 e. The lowest BCUT2D eigenvalue weighted by atomic mass is 9.92. The van der Waals surface area contributed by atoms with Gasteiger partial charge in [-0.15, -0.1) is 0 Å². The van der Waals surface area contributed by atoms with Crippen molar-refractivity contribution in [2.24, 2.45) is 0 Å². The van der Waals surface area contributed by atoms with Crippen LogP contribution in [0.15, 0.2) is 48.5 Å². The number of rotatable bonds is 7. The van der Waals surface area contributed by atoms with Crippen LogP contribution in [0.3, 0.4) is 0 Å². The Morgan fingerprint density at radius 3 is 2.26 bits per heavy atom. The Hall–Kier alpha value is -2.89. The molecule has 0 bridgehead atoms. The third kappa shape index (κ3) is 4.29. The van der Waals surface area contributed by atoms with Gasteiger partial charge in [0.05, 0.1) is 17.4 Å². The van der Waals surface area contributed by atoms with Crippen molar-refractivity contribution < 1.29 is 19.6 Å². The largest absolute Gasteiger partial charge is 0.494 e. The molecule has 0 fully saturated rings. The van der Waals surface area contributed by atoms with Crippen molar-refractivity contribution in [2.45, 2.75) is 19.3 Å². The summed E-state index contributed by atoms with van der Waals surface area (Å²) >= 11 is 0. The number of carboxylic acids is 1. The van der Waals surface area contributed by atoms with Crippen molar-refractivity contribution in [3.63, 3.8) is 0 Å². The van der Waals surface area contributed by atoms with Gasteiger partial charge in [-0.1, -0.05) is 24.3 Å². The van der Waals surface area contributed by atoms with Gasteiger partial charge >= 0.3 is 5.97 Å². The number of hydrogen-bond acceptors (Lipinski definition) is 4. The SMILES string of the molecule is CCOc1ccc(C(Cc2ccc([N+](=O)[O-])cc2)C(=O)O)cc1. The van der Waals surface area contributed by atoms with Gasteiger partial charge in [0, 0.05) is 12.1 Å². The van der Waals surface area contributed by atoms with Crippen molar-refractivity contribution in [3.8, 4) is 5.75 Å². The van der Waals surface area contributed by atoms with Gasteiger partial charge in [-0.3, -0.25) is 14.9 Å². The van der Waals surface area contributed by atoms with Gasteiger partial charge in [-0.05, 0) is 36.6 Å². The lowest BCUT2D eigenvalue weighted by Crippen LogP contribution is -2.14. The Kier molecular flexibility index (Phi) is 5.30. The lowest BCUT2D eigenvalue weighted by Gasteiger charge is -2.13. The number of benzene rings is 2. The third-order valence-corrected chi connectivity index (χ3v) is 3.48. The molecule has 0 heterocycles. The monoisotopic (exact) mass is 315 g/mol. The van der Waals surface area contributed by atoms with Gasteiger partial charge in [0.1, 0.15) is 5.75 Å². The van der Waals surface area contributed by atoms with Crippen LogP contribution in [0.1, 0.15) is 24.0 Å². The number of nitro groups is 1. The molecule has 0 aliphatic heterocycles. The fraction of sp³-hybridized carbons (Fsp3) is 0.235. The quantitative estimate of drug-likeness (QED) is 0.624. The summed E-state index contributed by atoms with van der Waals surface area (Å²) < 4.78 is 5.34. The number of carboxylic acid groups (broad SMARTS) is 1. The van der Waals surface area contributed by atoms with Crippen LogP contribution in [0, 0.1) is 10.1 Å². The minimum atomic E-state index is -0.937. The van der Waals surface area contributed by atoms with E-state index in [1.165, 1.54) is 12.1 Å². The number of ether oxygens (including phenoxy) is 1. The molecule has 2 aromatic rings. The predicted octanol–water partition coefficient (Wildman–Crippen LogP) is 3.40. The number of aliphatic carboxylic acids is 1. The summed E-state index contributed by atoms with van der Waals surface area (Å²) in [5, 5.41) is 20.1. The Bertz CT molecular complexity index is 679. The van der Waals surface area contributed by atoms with Gasteiger partial charge in [0.15, 0.2) is 0 Å². The van der Waals surface area contributed by atoms with E-state index < -0.39 is 16.8 Å². The summed E-state index contributed by atoms with van der Waals surface area (Å²) in [5.41, 5.74) is 1.39. The molecule has 2 rings (SSSR count). The third-order valence-electron chi connectivity index (χ3n) is 3.48. The molecule has 0 saturated carbocycles. The van der Waals surface area contributed by atoms with Crippen molar-refractivity contribution in [1.29, 1.82) is 0 Å². The predicted molar refractivity (Wildman–Crippen MR) is 84.8 cm³/mol. The first-order valence-electron chi connectivity index (χ1n) is 7.20. The van der Waals surface area contributed by atoms with Crippen LogP contribution in [-0.2, 0) is 11.2 Å². The zero-order valence-corrected chi connectivity index (χ0v) is 12.6. The van der Waals surface area contributed by atoms with E-state index in [1.807, 2.05) is 6.92 Å². The molecular formula is C17H17NO5. The zero-order valence-electron chi connectivity index (χ0n) is 12.6. The smallest absolute Gasteiger partial charge is 0.311 e. The number of hydrogen-bond donors (Lipinski definition) is 1. The molecule has 1 atom stereocenters. The molecule has 120 valence electrons. The second-order valence-electron chi connectivity index (χ2n) is 5.02. The topological polar surface area (TPSA) is 89.7 Å². The molecule has 0 radical (unpaired) electrons. The summed E-state index contributed by atoms with van der Waals surface area (Å²) in [5.74, 6) is -0.963. The first-order valence-corrected chi connectivity index (χ1v) is 7.20. The number of nitrogens with zero attached hydrogens (tertiary/aromatic N) is 1. The highest BCUT2D eigenvalue weighted by Gasteiger charge is 2.20. The first-order chi connectivity index (χ1) is 11.0. The molecule has 0 spiro atoms. The highest BCUT2D eigenvalue weighted by molar-refractivity contribution is 5.76. The Labute approximate surface area is 133 Å². The second kappa shape index (κ2) is 7.40. The van der Waals surface area contributed by atoms with E-state index in [4.69, 9.17) is 4.74 Å². The molecule has 6 nitrogen and oxygen atoms in total. The van der Waals surface area contributed by atoms with E-state index in [2.05, 4.69) is 0 Å². The average Bonchev–Trinajstić information content (AvgIpc) is 2.54. The lowest BCUT2D eigenvalue weighted by molar-refractivity contribution is -0.384. The van der Waals surface area contributed by atoms with Gasteiger partial charge in [0.25, 0.3) is 5.69 Å². The van der Waals surface area contributed by atoms with Crippen molar-refractivity contribution in [1.82, 2.24) is 0 Å². The standard InChI is InChI=1S/C17H17NO5/c1-2-23-15-9-5-13(6-10-15)16(17(19)20)11-12-3-7-14(8-4-12)18(21)22/h3-10,16H,2,11H2,1H3,(H,19,20). The maximum absolute atomic E-state index is 11.6. The molecule has 0 saturated heterocycles. The van der Waals surface area contributed by atoms with Gasteiger partial charge in [-0.25, -0.2) is 0 Å². The minimum absolute atomic E-state index is 0.0123. The highest BCUT2D eigenvalue weighted by atomic mass is 16.6. The van der Waals surface area contributed by atoms with Crippen molar-refractivity contribution in [3.05, 3.63) is 69.8 Å². The molecule has 1 N–H and O–H groups in total. The van der Waals surface area contributed by atoms with E-state index in [9.17, 15) is 20.0 Å². The maximum Gasteiger partial charge on any atom is 0.311 e. The fourth-order valence-electron chi connectivity index (χ4n) is 2.30. The summed E-state index contributed by atoms with van der Waals surface area (Å²) in [6.07, 6.45) is 0.265. The van der Waals surface area contributed by atoms with Crippen LogP contribution >= 0.6 is 0 Å². The van der Waals surface area contributed by atoms with E-state index in [1.54, 1.807) is 36.4 Å². The fourth-order valence-corrected chi connectivity index (χ4v) is 2.30. The van der Waals surface area contributed by atoms with E-state index in [-0.39, 0.29) is 12.1 Å². The zero-order chi connectivity index (χ0) is 16.8. The van der Waals surface area contributed by atoms with Crippen LogP contribution in [0.5, 0.6) is 5.75 Å². The molecule has 6 heteroatoms. The molecule has 0 aromatic heterocycles. The van der Waals surface area contributed by atoms with Crippen LogP contribution in [0.4, 0.5) is 5.69 Å². The van der Waals surface area contributed by atoms with Crippen LogP contribution in [0.25, 0.3) is 0 Å². The molecule has 2 aromatic carbocycles. The first kappa shape index (κ1) is 16.5. The van der Waals surface area contributed by atoms with Gasteiger partial charge < -0.3 is 9.84 Å². The number of non-ortho nitro benzene ring substituents is 1. The Morgan fingerprint density at radius 2 is 1.78 bits per heavy atom. The van der Waals surface area contributed by atoms with E-state index in [0.29, 0.717) is 17.9 Å². The molecule has 0 amide bonds. The summed E-state index contributed by atoms with van der Waals surface area (Å²) in [4.78, 5) is 21.7. The maximum atomic E-state index is 11.6. The normalized spacial score (nSPS) is 11.7. The van der Waals surface area contributed by atoms with E-state index in [0.717, 1.165) is 5.56 Å². The second-order valence-corrected chi connectivity index (χ2v) is 5.02. The van der Waals surface area contributed by atoms with Crippen LogP contribution in [0.2, 0.25) is 0 Å². The summed E-state index contributed by atoms with van der Waals surface area (Å²) in [6.45, 7) is 2.42. The number of nitro benzene ring substituents is 1. The van der Waals surface area contributed by atoms with Gasteiger partial charge in [0.2, 0.25) is 0 Å². The molecule has 1 unspecified atom stereocenters. The van der Waals surface area contributed by atoms with Crippen LogP contribution in [-0.4, -0.2) is 22.6 Å². The average molecular weight is 315 g/mol. The molecular weight excluding hydrogens is 298 g/mol. The highest BCUT2D eigenvalue weighted by Crippen LogP contribution is 2.24. The van der Waals surface area contributed by atoms with Gasteiger partial charge in [-0.2, -0.15) is 0 Å². The Balaban J connectivity index is 2.18.